The molecule has 0 radical (unpaired) electrons. The molecular formula is C17H20N2O5. The zero-order valence-electron chi connectivity index (χ0n) is 13.4. The number of hydrogen-bond acceptors (Lipinski definition) is 6. The van der Waals surface area contributed by atoms with E-state index in [1.54, 1.807) is 6.07 Å². The number of nitro benzene ring substituents is 1. The van der Waals surface area contributed by atoms with E-state index in [2.05, 4.69) is 0 Å². The number of benzene rings is 1. The number of carbonyl (C=O) groups excluding carboxylic acids is 2. The van der Waals surface area contributed by atoms with E-state index in [4.69, 9.17) is 4.74 Å². The van der Waals surface area contributed by atoms with Gasteiger partial charge in [-0.15, -0.1) is 0 Å². The molecule has 1 heterocycles. The van der Waals surface area contributed by atoms with Gasteiger partial charge in [-0.2, -0.15) is 0 Å². The SMILES string of the molecule is O=C(O[C@H]1CCCCC1=O)c1ccc(N2CCCC2)c([N+](=O)[O-])c1. The molecule has 0 unspecified atom stereocenters. The van der Waals surface area contributed by atoms with Gasteiger partial charge in [0, 0.05) is 25.6 Å². The molecule has 24 heavy (non-hydrogen) atoms. The molecule has 2 fully saturated rings. The lowest BCUT2D eigenvalue weighted by Crippen LogP contribution is -2.30. The molecule has 0 spiro atoms. The number of ether oxygens (including phenoxy) is 1. The summed E-state index contributed by atoms with van der Waals surface area (Å²) in [6.45, 7) is 1.56. The summed E-state index contributed by atoms with van der Waals surface area (Å²) in [4.78, 5) is 36.9. The summed E-state index contributed by atoms with van der Waals surface area (Å²) in [6, 6.07) is 4.39. The van der Waals surface area contributed by atoms with Crippen LogP contribution in [0, 0.1) is 10.1 Å². The van der Waals surface area contributed by atoms with Crippen molar-refractivity contribution in [1.82, 2.24) is 0 Å². The Morgan fingerprint density at radius 2 is 1.96 bits per heavy atom. The van der Waals surface area contributed by atoms with Gasteiger partial charge in [-0.1, -0.05) is 0 Å². The van der Waals surface area contributed by atoms with Gasteiger partial charge in [-0.25, -0.2) is 4.79 Å². The predicted octanol–water partition coefficient (Wildman–Crippen LogP) is 2.86. The molecule has 7 heteroatoms. The molecular weight excluding hydrogens is 312 g/mol. The fraction of sp³-hybridized carbons (Fsp3) is 0.529. The lowest BCUT2D eigenvalue weighted by molar-refractivity contribution is -0.384. The van der Waals surface area contributed by atoms with Crippen molar-refractivity contribution in [2.45, 2.75) is 44.6 Å². The second-order valence-electron chi connectivity index (χ2n) is 6.26. The van der Waals surface area contributed by atoms with E-state index in [9.17, 15) is 19.7 Å². The third-order valence-electron chi connectivity index (χ3n) is 4.60. The van der Waals surface area contributed by atoms with Crippen molar-refractivity contribution in [2.24, 2.45) is 0 Å². The zero-order valence-corrected chi connectivity index (χ0v) is 13.4. The minimum Gasteiger partial charge on any atom is -0.451 e. The van der Waals surface area contributed by atoms with Crippen LogP contribution in [0.5, 0.6) is 0 Å². The Morgan fingerprint density at radius 1 is 1.21 bits per heavy atom. The normalized spacial score (nSPS) is 20.9. The van der Waals surface area contributed by atoms with Crippen LogP contribution in [0.25, 0.3) is 0 Å². The molecule has 1 atom stereocenters. The van der Waals surface area contributed by atoms with Gasteiger partial charge in [0.25, 0.3) is 5.69 Å². The Balaban J connectivity index is 1.80. The van der Waals surface area contributed by atoms with Crippen molar-refractivity contribution in [2.75, 3.05) is 18.0 Å². The van der Waals surface area contributed by atoms with E-state index in [1.807, 2.05) is 4.90 Å². The third kappa shape index (κ3) is 3.39. The molecule has 0 bridgehead atoms. The highest BCUT2D eigenvalue weighted by Crippen LogP contribution is 2.32. The first-order valence-corrected chi connectivity index (χ1v) is 8.33. The summed E-state index contributed by atoms with van der Waals surface area (Å²) in [5.74, 6) is -0.746. The molecule has 3 rings (SSSR count). The molecule has 1 aromatic rings. The van der Waals surface area contributed by atoms with Crippen LogP contribution in [-0.4, -0.2) is 35.9 Å². The van der Waals surface area contributed by atoms with Gasteiger partial charge in [-0.05, 0) is 44.2 Å². The van der Waals surface area contributed by atoms with Crippen molar-refractivity contribution in [3.8, 4) is 0 Å². The van der Waals surface area contributed by atoms with Crippen molar-refractivity contribution in [3.63, 3.8) is 0 Å². The van der Waals surface area contributed by atoms with E-state index in [-0.39, 0.29) is 17.0 Å². The fourth-order valence-corrected chi connectivity index (χ4v) is 3.29. The number of carbonyl (C=O) groups is 2. The smallest absolute Gasteiger partial charge is 0.339 e. The number of anilines is 1. The summed E-state index contributed by atoms with van der Waals surface area (Å²) in [5.41, 5.74) is 0.548. The Bertz CT molecular complexity index is 667. The highest BCUT2D eigenvalue weighted by molar-refractivity contribution is 5.94. The van der Waals surface area contributed by atoms with Gasteiger partial charge in [0.2, 0.25) is 0 Å². The van der Waals surface area contributed by atoms with E-state index in [1.165, 1.54) is 12.1 Å². The molecule has 7 nitrogen and oxygen atoms in total. The van der Waals surface area contributed by atoms with Gasteiger partial charge in [0.15, 0.2) is 11.9 Å². The molecule has 1 aliphatic carbocycles. The van der Waals surface area contributed by atoms with Gasteiger partial charge in [0.05, 0.1) is 10.5 Å². The lowest BCUT2D eigenvalue weighted by Gasteiger charge is -2.21. The van der Waals surface area contributed by atoms with E-state index < -0.39 is 17.0 Å². The summed E-state index contributed by atoms with van der Waals surface area (Å²) < 4.78 is 5.27. The molecule has 1 aromatic carbocycles. The van der Waals surface area contributed by atoms with Crippen LogP contribution in [0.3, 0.4) is 0 Å². The van der Waals surface area contributed by atoms with Crippen LogP contribution in [0.15, 0.2) is 18.2 Å². The molecule has 1 aliphatic heterocycles. The highest BCUT2D eigenvalue weighted by Gasteiger charge is 2.28. The van der Waals surface area contributed by atoms with Crippen molar-refractivity contribution < 1.29 is 19.2 Å². The largest absolute Gasteiger partial charge is 0.451 e. The van der Waals surface area contributed by atoms with Crippen LogP contribution in [0.1, 0.15) is 48.9 Å². The monoisotopic (exact) mass is 332 g/mol. The van der Waals surface area contributed by atoms with Crippen molar-refractivity contribution in [3.05, 3.63) is 33.9 Å². The maximum atomic E-state index is 12.3. The van der Waals surface area contributed by atoms with Gasteiger partial charge in [-0.3, -0.25) is 14.9 Å². The quantitative estimate of drug-likeness (QED) is 0.478. The zero-order chi connectivity index (χ0) is 17.1. The number of Topliss-reactive ketones (excluding diaryl/α,β-unsaturated/α-hetero) is 1. The molecule has 0 amide bonds. The number of nitrogens with zero attached hydrogens (tertiary/aromatic N) is 2. The fourth-order valence-electron chi connectivity index (χ4n) is 3.29. The second-order valence-corrected chi connectivity index (χ2v) is 6.26. The molecule has 1 saturated carbocycles. The third-order valence-corrected chi connectivity index (χ3v) is 4.60. The van der Waals surface area contributed by atoms with Crippen LogP contribution >= 0.6 is 0 Å². The lowest BCUT2D eigenvalue weighted by atomic mass is 9.96. The average molecular weight is 332 g/mol. The topological polar surface area (TPSA) is 89.8 Å². The van der Waals surface area contributed by atoms with Crippen LogP contribution in [0.2, 0.25) is 0 Å². The summed E-state index contributed by atoms with van der Waals surface area (Å²) in [6.07, 6.45) is 3.91. The van der Waals surface area contributed by atoms with E-state index in [0.717, 1.165) is 38.8 Å². The van der Waals surface area contributed by atoms with Crippen LogP contribution < -0.4 is 4.90 Å². The number of rotatable bonds is 4. The molecule has 128 valence electrons. The first kappa shape index (κ1) is 16.4. The minimum absolute atomic E-state index is 0.0715. The van der Waals surface area contributed by atoms with Crippen molar-refractivity contribution in [1.29, 1.82) is 0 Å². The van der Waals surface area contributed by atoms with Crippen LogP contribution in [0.4, 0.5) is 11.4 Å². The molecule has 0 aromatic heterocycles. The second kappa shape index (κ2) is 6.98. The number of esters is 1. The summed E-state index contributed by atoms with van der Waals surface area (Å²) in [7, 11) is 0. The number of ketones is 1. The summed E-state index contributed by atoms with van der Waals surface area (Å²) in [5, 5.41) is 11.4. The van der Waals surface area contributed by atoms with Crippen LogP contribution in [-0.2, 0) is 9.53 Å². The van der Waals surface area contributed by atoms with E-state index >= 15 is 0 Å². The first-order valence-electron chi connectivity index (χ1n) is 8.33. The first-order chi connectivity index (χ1) is 11.6. The Hall–Kier alpha value is -2.44. The number of nitro groups is 1. The molecule has 2 aliphatic rings. The maximum absolute atomic E-state index is 12.3. The Kier molecular flexibility index (Phi) is 4.78. The van der Waals surface area contributed by atoms with Crippen molar-refractivity contribution >= 4 is 23.1 Å². The molecule has 1 saturated heterocycles. The van der Waals surface area contributed by atoms with Gasteiger partial charge >= 0.3 is 5.97 Å². The predicted molar refractivity (Wildman–Crippen MR) is 87.2 cm³/mol. The highest BCUT2D eigenvalue weighted by atomic mass is 16.6. The Labute approximate surface area is 139 Å². The van der Waals surface area contributed by atoms with Gasteiger partial charge in [0.1, 0.15) is 5.69 Å². The standard InChI is InChI=1S/C17H20N2O5/c20-15-5-1-2-6-16(15)24-17(21)12-7-8-13(14(11-12)19(22)23)18-9-3-4-10-18/h7-8,11,16H,1-6,9-10H2/t16-/m0/s1. The minimum atomic E-state index is -0.719. The maximum Gasteiger partial charge on any atom is 0.339 e. The average Bonchev–Trinajstić information content (AvgIpc) is 3.10. The number of hydrogen-bond donors (Lipinski definition) is 0. The van der Waals surface area contributed by atoms with E-state index in [0.29, 0.717) is 18.5 Å². The molecule has 0 N–H and O–H groups in total. The summed E-state index contributed by atoms with van der Waals surface area (Å²) >= 11 is 0. The Morgan fingerprint density at radius 3 is 2.62 bits per heavy atom. The van der Waals surface area contributed by atoms with Gasteiger partial charge < -0.3 is 9.64 Å².